The van der Waals surface area contributed by atoms with Gasteiger partial charge in [0, 0.05) is 22.3 Å². The van der Waals surface area contributed by atoms with E-state index >= 15 is 0 Å². The van der Waals surface area contributed by atoms with Gasteiger partial charge < -0.3 is 0 Å². The van der Waals surface area contributed by atoms with Gasteiger partial charge in [-0.25, -0.2) is 0 Å². The predicted octanol–water partition coefficient (Wildman–Crippen LogP) is 7.92. The molecule has 5 aromatic rings. The van der Waals surface area contributed by atoms with E-state index in [1.165, 1.54) is 32.7 Å². The number of rotatable bonds is 2. The third-order valence-corrected chi connectivity index (χ3v) is 6.17. The van der Waals surface area contributed by atoms with Crippen LogP contribution >= 0.6 is 0 Å². The van der Waals surface area contributed by atoms with Crippen LogP contribution in [0.5, 0.6) is 0 Å². The molecule has 0 nitrogen and oxygen atoms in total. The second-order valence-electron chi connectivity index (χ2n) is 8.58. The summed E-state index contributed by atoms with van der Waals surface area (Å²) < 4.78 is 0. The normalized spacial score (nSPS) is 10.4. The van der Waals surface area contributed by atoms with Gasteiger partial charge in [0.25, 0.3) is 0 Å². The van der Waals surface area contributed by atoms with E-state index in [4.69, 9.17) is 0 Å². The molecule has 34 heavy (non-hydrogen) atoms. The highest BCUT2D eigenvalue weighted by atomic mass is 14.0. The summed E-state index contributed by atoms with van der Waals surface area (Å²) in [6.07, 6.45) is 2.05. The summed E-state index contributed by atoms with van der Waals surface area (Å²) in [7, 11) is 0. The summed E-state index contributed by atoms with van der Waals surface area (Å²) in [5.41, 5.74) is 6.82. The van der Waals surface area contributed by atoms with Crippen LogP contribution < -0.4 is 0 Å². The first-order valence-corrected chi connectivity index (χ1v) is 11.9. The second-order valence-corrected chi connectivity index (χ2v) is 8.58. The van der Waals surface area contributed by atoms with Crippen molar-refractivity contribution in [3.05, 3.63) is 130 Å². The minimum Gasteiger partial charge on any atom is -0.0616 e. The monoisotopic (exact) mass is 434 g/mol. The van der Waals surface area contributed by atoms with Crippen LogP contribution in [0.25, 0.3) is 21.5 Å². The van der Waals surface area contributed by atoms with Gasteiger partial charge in [0.05, 0.1) is 0 Å². The van der Waals surface area contributed by atoms with Crippen LogP contribution in [0.4, 0.5) is 0 Å². The van der Waals surface area contributed by atoms with E-state index in [2.05, 4.69) is 135 Å². The molecule has 0 heterocycles. The number of hydrogen-bond donors (Lipinski definition) is 0. The van der Waals surface area contributed by atoms with E-state index in [9.17, 15) is 0 Å². The molecule has 0 saturated heterocycles. The van der Waals surface area contributed by atoms with Crippen LogP contribution in [0, 0.1) is 23.7 Å². The van der Waals surface area contributed by atoms with Gasteiger partial charge in [0.15, 0.2) is 0 Å². The number of hydrogen-bond acceptors (Lipinski definition) is 0. The van der Waals surface area contributed by atoms with Crippen molar-refractivity contribution in [3.63, 3.8) is 0 Å². The fraction of sp³-hybridized carbons (Fsp3) is 0.118. The molecule has 5 aromatic carbocycles. The van der Waals surface area contributed by atoms with E-state index in [0.717, 1.165) is 35.1 Å². The Labute approximate surface area is 202 Å². The van der Waals surface area contributed by atoms with Crippen LogP contribution in [0.3, 0.4) is 0 Å². The molecule has 0 fully saturated rings. The molecule has 0 aliphatic heterocycles. The Bertz CT molecular complexity index is 1500. The maximum atomic E-state index is 3.33. The maximum Gasteiger partial charge on any atom is 0.0255 e. The summed E-state index contributed by atoms with van der Waals surface area (Å²) in [5.74, 6) is 13.3. The molecule has 0 heteroatoms. The molecule has 0 aliphatic rings. The Morgan fingerprint density at radius 1 is 0.412 bits per heavy atom. The lowest BCUT2D eigenvalue weighted by Gasteiger charge is -2.04. The average Bonchev–Trinajstić information content (AvgIpc) is 2.89. The lowest BCUT2D eigenvalue weighted by atomic mass is 10.00. The zero-order valence-electron chi connectivity index (χ0n) is 19.7. The van der Waals surface area contributed by atoms with Crippen molar-refractivity contribution >= 4 is 21.5 Å². The smallest absolute Gasteiger partial charge is 0.0255 e. The lowest BCUT2D eigenvalue weighted by Crippen LogP contribution is -1.83. The van der Waals surface area contributed by atoms with Crippen molar-refractivity contribution in [1.29, 1.82) is 0 Å². The number of benzene rings is 5. The Morgan fingerprint density at radius 3 is 1.24 bits per heavy atom. The molecule has 0 unspecified atom stereocenters. The van der Waals surface area contributed by atoms with Gasteiger partial charge in [-0.1, -0.05) is 73.9 Å². The zero-order chi connectivity index (χ0) is 23.3. The van der Waals surface area contributed by atoms with Crippen molar-refractivity contribution in [3.8, 4) is 23.7 Å². The molecule has 0 saturated carbocycles. The maximum absolute atomic E-state index is 3.33. The topological polar surface area (TPSA) is 0 Å². The zero-order valence-corrected chi connectivity index (χ0v) is 19.7. The van der Waals surface area contributed by atoms with Crippen LogP contribution in [0.15, 0.2) is 97.1 Å². The first-order chi connectivity index (χ1) is 16.7. The quantitative estimate of drug-likeness (QED) is 0.196. The highest BCUT2D eigenvalue weighted by molar-refractivity contribution is 5.99. The van der Waals surface area contributed by atoms with Crippen molar-refractivity contribution in [2.75, 3.05) is 0 Å². The fourth-order valence-electron chi connectivity index (χ4n) is 4.18. The summed E-state index contributed by atoms with van der Waals surface area (Å²) >= 11 is 0. The van der Waals surface area contributed by atoms with E-state index in [0.29, 0.717) is 0 Å². The van der Waals surface area contributed by atoms with Gasteiger partial charge in [-0.05, 0) is 106 Å². The molecular weight excluding hydrogens is 408 g/mol. The largest absolute Gasteiger partial charge is 0.0616 e. The Kier molecular flexibility index (Phi) is 6.16. The fourth-order valence-corrected chi connectivity index (χ4v) is 4.18. The molecule has 0 atom stereocenters. The van der Waals surface area contributed by atoms with Crippen LogP contribution in [-0.2, 0) is 12.8 Å². The molecular formula is C34H26. The van der Waals surface area contributed by atoms with E-state index in [1.54, 1.807) is 0 Å². The Balaban J connectivity index is 1.44. The summed E-state index contributed by atoms with van der Waals surface area (Å²) in [5, 5.41) is 4.84. The number of aryl methyl sites for hydroxylation is 2. The van der Waals surface area contributed by atoms with Crippen LogP contribution in [-0.4, -0.2) is 0 Å². The highest BCUT2D eigenvalue weighted by Gasteiger charge is 2.01. The molecule has 0 aromatic heterocycles. The van der Waals surface area contributed by atoms with Crippen LogP contribution in [0.2, 0.25) is 0 Å². The second kappa shape index (κ2) is 9.70. The number of fused-ring (bicyclic) bond motifs is 2. The lowest BCUT2D eigenvalue weighted by molar-refractivity contribution is 1.14. The molecule has 0 amide bonds. The molecule has 0 aliphatic carbocycles. The average molecular weight is 435 g/mol. The summed E-state index contributed by atoms with van der Waals surface area (Å²) in [6, 6.07) is 34.3. The Hall–Kier alpha value is -4.26. The Morgan fingerprint density at radius 2 is 0.824 bits per heavy atom. The van der Waals surface area contributed by atoms with Gasteiger partial charge in [-0.2, -0.15) is 0 Å². The predicted molar refractivity (Wildman–Crippen MR) is 145 cm³/mol. The van der Waals surface area contributed by atoms with Crippen molar-refractivity contribution in [2.45, 2.75) is 26.7 Å². The molecule has 5 rings (SSSR count). The molecule has 0 bridgehead atoms. The van der Waals surface area contributed by atoms with Gasteiger partial charge in [0.2, 0.25) is 0 Å². The molecule has 0 spiro atoms. The summed E-state index contributed by atoms with van der Waals surface area (Å²) in [6.45, 7) is 4.34. The van der Waals surface area contributed by atoms with Crippen molar-refractivity contribution < 1.29 is 0 Å². The minimum atomic E-state index is 1.03. The summed E-state index contributed by atoms with van der Waals surface area (Å²) in [4.78, 5) is 0. The van der Waals surface area contributed by atoms with Gasteiger partial charge >= 0.3 is 0 Å². The first kappa shape index (κ1) is 21.6. The SMILES string of the molecule is CCc1cccc(C#Cc2ccc3cc4cc(C#Cc5cccc(CC)c5)ccc4cc3c2)c1. The highest BCUT2D eigenvalue weighted by Crippen LogP contribution is 2.25. The van der Waals surface area contributed by atoms with E-state index in [1.807, 2.05) is 0 Å². The van der Waals surface area contributed by atoms with Crippen molar-refractivity contribution in [1.82, 2.24) is 0 Å². The van der Waals surface area contributed by atoms with E-state index < -0.39 is 0 Å². The minimum absolute atomic E-state index is 1.03. The first-order valence-electron chi connectivity index (χ1n) is 11.9. The van der Waals surface area contributed by atoms with Crippen molar-refractivity contribution in [2.24, 2.45) is 0 Å². The third-order valence-electron chi connectivity index (χ3n) is 6.17. The van der Waals surface area contributed by atoms with E-state index in [-0.39, 0.29) is 0 Å². The van der Waals surface area contributed by atoms with Gasteiger partial charge in [0.1, 0.15) is 0 Å². The standard InChI is InChI=1S/C34H26/c1-3-25-7-5-9-27(19-25)11-13-29-15-17-31-24-34-22-30(16-18-32(34)23-33(31)21-29)14-12-28-10-6-8-26(4-2)20-28/h5-10,15-24H,3-4H2,1-2H3. The third kappa shape index (κ3) is 4.88. The van der Waals surface area contributed by atoms with Gasteiger partial charge in [-0.3, -0.25) is 0 Å². The van der Waals surface area contributed by atoms with Gasteiger partial charge in [-0.15, -0.1) is 0 Å². The molecule has 162 valence electrons. The molecule has 0 N–H and O–H groups in total. The molecule has 0 radical (unpaired) electrons. The van der Waals surface area contributed by atoms with Crippen LogP contribution in [0.1, 0.15) is 47.2 Å².